The van der Waals surface area contributed by atoms with Gasteiger partial charge in [-0.25, -0.2) is 0 Å². The van der Waals surface area contributed by atoms with Crippen LogP contribution in [0.25, 0.3) is 0 Å². The number of carboxylic acid groups (broad SMARTS) is 1. The summed E-state index contributed by atoms with van der Waals surface area (Å²) in [5.41, 5.74) is 0.922. The fourth-order valence-corrected chi connectivity index (χ4v) is 2.69. The first-order valence-electron chi connectivity index (χ1n) is 6.90. The molecule has 1 amide bonds. The number of hydrogen-bond donors (Lipinski definition) is 1. The fourth-order valence-electron chi connectivity index (χ4n) is 2.69. The number of hydrogen-bond acceptors (Lipinski definition) is 3. The van der Waals surface area contributed by atoms with Crippen LogP contribution in [-0.2, 0) is 16.1 Å². The summed E-state index contributed by atoms with van der Waals surface area (Å²) in [4.78, 5) is 24.4. The second-order valence-electron chi connectivity index (χ2n) is 5.44. The van der Waals surface area contributed by atoms with Gasteiger partial charge in [0.05, 0.1) is 18.4 Å². The molecule has 1 saturated heterocycles. The number of alkyl halides is 3. The fraction of sp³-hybridized carbons (Fsp3) is 0.467. The van der Waals surface area contributed by atoms with Gasteiger partial charge >= 0.3 is 12.1 Å². The van der Waals surface area contributed by atoms with Crippen molar-refractivity contribution in [2.24, 2.45) is 11.8 Å². The minimum atomic E-state index is -4.66. The summed E-state index contributed by atoms with van der Waals surface area (Å²) < 4.78 is 43.8. The molecule has 126 valence electrons. The van der Waals surface area contributed by atoms with Crippen molar-refractivity contribution in [3.05, 3.63) is 35.4 Å². The summed E-state index contributed by atoms with van der Waals surface area (Å²) in [6, 6.07) is 6.34. The standard InChI is InChI=1S/C15H16F3NO4/c1-23-8-9-3-2-4-10(5-9)13(20)19-6-11(14(21)22)12(7-19)15(16,17)18/h2-5,11-12H,6-8H2,1H3,(H,21,22)/t11-,12-/m1/s1. The molecule has 8 heteroatoms. The zero-order chi connectivity index (χ0) is 17.2. The van der Waals surface area contributed by atoms with Gasteiger partial charge in [0.15, 0.2) is 0 Å². The van der Waals surface area contributed by atoms with Gasteiger partial charge in [-0.1, -0.05) is 12.1 Å². The lowest BCUT2D eigenvalue weighted by Crippen LogP contribution is -2.34. The maximum atomic E-state index is 13.0. The molecule has 0 bridgehead atoms. The van der Waals surface area contributed by atoms with Crippen LogP contribution in [0.1, 0.15) is 15.9 Å². The van der Waals surface area contributed by atoms with Gasteiger partial charge in [-0.05, 0) is 17.7 Å². The van der Waals surface area contributed by atoms with Crippen LogP contribution in [0.5, 0.6) is 0 Å². The van der Waals surface area contributed by atoms with Crippen molar-refractivity contribution in [2.45, 2.75) is 12.8 Å². The van der Waals surface area contributed by atoms with Crippen molar-refractivity contribution in [3.8, 4) is 0 Å². The number of aliphatic carboxylic acids is 1. The topological polar surface area (TPSA) is 66.8 Å². The molecule has 1 fully saturated rings. The van der Waals surface area contributed by atoms with E-state index in [1.807, 2.05) is 0 Å². The highest BCUT2D eigenvalue weighted by Gasteiger charge is 2.53. The predicted octanol–water partition coefficient (Wildman–Crippen LogP) is 2.17. The van der Waals surface area contributed by atoms with E-state index in [0.717, 1.165) is 4.90 Å². The Bertz CT molecular complexity index is 603. The van der Waals surface area contributed by atoms with Gasteiger partial charge in [-0.3, -0.25) is 9.59 Å². The minimum Gasteiger partial charge on any atom is -0.481 e. The first-order chi connectivity index (χ1) is 10.7. The van der Waals surface area contributed by atoms with E-state index in [4.69, 9.17) is 9.84 Å². The van der Waals surface area contributed by atoms with Crippen LogP contribution >= 0.6 is 0 Å². The molecule has 0 radical (unpaired) electrons. The molecular weight excluding hydrogens is 315 g/mol. The number of likely N-dealkylation sites (tertiary alicyclic amines) is 1. The Kier molecular flexibility index (Phi) is 4.93. The van der Waals surface area contributed by atoms with Crippen molar-refractivity contribution in [3.63, 3.8) is 0 Å². The van der Waals surface area contributed by atoms with Crippen LogP contribution in [-0.4, -0.2) is 48.3 Å². The van der Waals surface area contributed by atoms with Gasteiger partial charge in [0.25, 0.3) is 5.91 Å². The Labute approximate surface area is 130 Å². The molecule has 23 heavy (non-hydrogen) atoms. The average Bonchev–Trinajstić information content (AvgIpc) is 2.92. The molecule has 0 unspecified atom stereocenters. The molecule has 1 aliphatic rings. The van der Waals surface area contributed by atoms with E-state index in [2.05, 4.69) is 0 Å². The number of methoxy groups -OCH3 is 1. The van der Waals surface area contributed by atoms with E-state index in [1.54, 1.807) is 12.1 Å². The number of benzene rings is 1. The van der Waals surface area contributed by atoms with Crippen molar-refractivity contribution < 1.29 is 32.6 Å². The van der Waals surface area contributed by atoms with Gasteiger partial charge < -0.3 is 14.7 Å². The summed E-state index contributed by atoms with van der Waals surface area (Å²) in [6.07, 6.45) is -4.66. The number of carbonyl (C=O) groups is 2. The smallest absolute Gasteiger partial charge is 0.394 e. The molecule has 5 nitrogen and oxygen atoms in total. The summed E-state index contributed by atoms with van der Waals surface area (Å²) in [5.74, 6) is -5.84. The largest absolute Gasteiger partial charge is 0.481 e. The molecule has 0 saturated carbocycles. The molecule has 0 spiro atoms. The molecule has 1 heterocycles. The first kappa shape index (κ1) is 17.3. The molecule has 2 atom stereocenters. The monoisotopic (exact) mass is 331 g/mol. The van der Waals surface area contributed by atoms with Crippen molar-refractivity contribution in [1.82, 2.24) is 4.90 Å². The highest BCUT2D eigenvalue weighted by Crippen LogP contribution is 2.38. The zero-order valence-corrected chi connectivity index (χ0v) is 12.3. The second kappa shape index (κ2) is 6.57. The third-order valence-corrected chi connectivity index (χ3v) is 3.83. The number of ether oxygens (including phenoxy) is 1. The highest BCUT2D eigenvalue weighted by molar-refractivity contribution is 5.95. The van der Waals surface area contributed by atoms with Crippen molar-refractivity contribution in [1.29, 1.82) is 0 Å². The number of nitrogens with zero attached hydrogens (tertiary/aromatic N) is 1. The third-order valence-electron chi connectivity index (χ3n) is 3.83. The van der Waals surface area contributed by atoms with Crippen LogP contribution in [0.4, 0.5) is 13.2 Å². The Hall–Kier alpha value is -2.09. The molecule has 0 aromatic heterocycles. The Morgan fingerprint density at radius 2 is 2.04 bits per heavy atom. The number of amides is 1. The normalized spacial score (nSPS) is 21.5. The number of carbonyl (C=O) groups excluding carboxylic acids is 1. The van der Waals surface area contributed by atoms with Gasteiger partial charge in [0.1, 0.15) is 0 Å². The van der Waals surface area contributed by atoms with E-state index >= 15 is 0 Å². The summed E-state index contributed by atoms with van der Waals surface area (Å²) >= 11 is 0. The average molecular weight is 331 g/mol. The van der Waals surface area contributed by atoms with E-state index in [1.165, 1.54) is 19.2 Å². The molecule has 2 rings (SSSR count). The van der Waals surface area contributed by atoms with E-state index in [9.17, 15) is 22.8 Å². The zero-order valence-electron chi connectivity index (χ0n) is 12.3. The van der Waals surface area contributed by atoms with Crippen LogP contribution in [0, 0.1) is 11.8 Å². The van der Waals surface area contributed by atoms with Crippen molar-refractivity contribution in [2.75, 3.05) is 20.2 Å². The lowest BCUT2D eigenvalue weighted by atomic mass is 9.96. The van der Waals surface area contributed by atoms with Crippen LogP contribution in [0.2, 0.25) is 0 Å². The SMILES string of the molecule is COCc1cccc(C(=O)N2C[C@@H](C(F)(F)F)[C@H](C(=O)O)C2)c1. The Morgan fingerprint density at radius 1 is 1.35 bits per heavy atom. The summed E-state index contributed by atoms with van der Waals surface area (Å²) in [7, 11) is 1.49. The van der Waals surface area contributed by atoms with Crippen LogP contribution in [0.15, 0.2) is 24.3 Å². The quantitative estimate of drug-likeness (QED) is 0.918. The Balaban J connectivity index is 2.20. The third kappa shape index (κ3) is 3.82. The van der Waals surface area contributed by atoms with E-state index in [-0.39, 0.29) is 12.2 Å². The van der Waals surface area contributed by atoms with Crippen LogP contribution < -0.4 is 0 Å². The van der Waals surface area contributed by atoms with Gasteiger partial charge in [0.2, 0.25) is 0 Å². The van der Waals surface area contributed by atoms with Crippen molar-refractivity contribution >= 4 is 11.9 Å². The maximum Gasteiger partial charge on any atom is 0.394 e. The number of carboxylic acids is 1. The highest BCUT2D eigenvalue weighted by atomic mass is 19.4. The first-order valence-corrected chi connectivity index (χ1v) is 6.90. The summed E-state index contributed by atoms with van der Waals surface area (Å²) in [6.45, 7) is -0.829. The van der Waals surface area contributed by atoms with Crippen LogP contribution in [0.3, 0.4) is 0 Å². The van der Waals surface area contributed by atoms with Gasteiger partial charge in [0, 0.05) is 25.8 Å². The van der Waals surface area contributed by atoms with E-state index < -0.39 is 43.0 Å². The molecule has 1 aromatic carbocycles. The maximum absolute atomic E-state index is 13.0. The van der Waals surface area contributed by atoms with Gasteiger partial charge in [-0.15, -0.1) is 0 Å². The minimum absolute atomic E-state index is 0.214. The van der Waals surface area contributed by atoms with E-state index in [0.29, 0.717) is 5.56 Å². The summed E-state index contributed by atoms with van der Waals surface area (Å²) in [5, 5.41) is 8.98. The molecule has 1 aromatic rings. The molecular formula is C15H16F3NO4. The predicted molar refractivity (Wildman–Crippen MR) is 73.7 cm³/mol. The van der Waals surface area contributed by atoms with Gasteiger partial charge in [-0.2, -0.15) is 13.2 Å². The molecule has 1 N–H and O–H groups in total. The number of rotatable bonds is 4. The second-order valence-corrected chi connectivity index (χ2v) is 5.44. The molecule has 0 aliphatic carbocycles. The lowest BCUT2D eigenvalue weighted by molar-refractivity contribution is -0.187. The number of halogens is 3. The lowest BCUT2D eigenvalue weighted by Gasteiger charge is -2.18. The Morgan fingerprint density at radius 3 is 2.57 bits per heavy atom. The molecule has 1 aliphatic heterocycles.